The van der Waals surface area contributed by atoms with Gasteiger partial charge < -0.3 is 5.11 Å². The molecule has 1 rings (SSSR count). The van der Waals surface area contributed by atoms with E-state index >= 15 is 0 Å². The first-order valence-electron chi connectivity index (χ1n) is 3.06. The van der Waals surface area contributed by atoms with E-state index in [1.165, 1.54) is 0 Å². The Hall–Kier alpha value is -0.0600. The van der Waals surface area contributed by atoms with Gasteiger partial charge in [-0.3, -0.25) is 0 Å². The van der Waals surface area contributed by atoms with Gasteiger partial charge in [-0.25, -0.2) is 4.98 Å². The molecule has 1 heterocycles. The van der Waals surface area contributed by atoms with Crippen LogP contribution in [-0.2, 0) is 0 Å². The zero-order valence-electron chi connectivity index (χ0n) is 5.49. The van der Waals surface area contributed by atoms with Crippen LogP contribution in [0.4, 0.5) is 0 Å². The molecule has 0 spiro atoms. The van der Waals surface area contributed by atoms with Crippen molar-refractivity contribution < 1.29 is 5.11 Å². The number of nitrogens with zero attached hydrogens (tertiary/aromatic N) is 1. The molecule has 0 fully saturated rings. The molecule has 0 saturated carbocycles. The summed E-state index contributed by atoms with van der Waals surface area (Å²) >= 11 is 3.34. The van der Waals surface area contributed by atoms with Gasteiger partial charge in [0, 0.05) is 23.9 Å². The molecule has 0 saturated heterocycles. The second-order valence-corrected chi connectivity index (χ2v) is 3.96. The molecule has 0 radical (unpaired) electrons. The summed E-state index contributed by atoms with van der Waals surface area (Å²) in [5, 5.41) is 10.4. The zero-order chi connectivity index (χ0) is 7.23. The van der Waals surface area contributed by atoms with Gasteiger partial charge in [0.1, 0.15) is 4.34 Å². The second-order valence-electron chi connectivity index (χ2n) is 1.72. The number of hydrogen-bond acceptors (Lipinski definition) is 4. The average molecular weight is 175 g/mol. The third kappa shape index (κ3) is 2.68. The lowest BCUT2D eigenvalue weighted by Gasteiger charge is -1.92. The normalized spacial score (nSPS) is 10.1. The minimum atomic E-state index is 0.276. The predicted molar refractivity (Wildman–Crippen MR) is 44.5 cm³/mol. The average Bonchev–Trinajstić information content (AvgIpc) is 2.41. The fourth-order valence-corrected chi connectivity index (χ4v) is 2.14. The van der Waals surface area contributed by atoms with Gasteiger partial charge in [0.05, 0.1) is 0 Å². The first-order valence-corrected chi connectivity index (χ1v) is 4.93. The Balaban J connectivity index is 2.15. The molecular formula is C6H9NOS2. The molecule has 1 N–H and O–H groups in total. The highest BCUT2D eigenvalue weighted by molar-refractivity contribution is 8.00. The predicted octanol–water partition coefficient (Wildman–Crippen LogP) is 1.62. The van der Waals surface area contributed by atoms with Gasteiger partial charge in [0.2, 0.25) is 0 Å². The van der Waals surface area contributed by atoms with Crippen LogP contribution in [0.15, 0.2) is 15.9 Å². The topological polar surface area (TPSA) is 33.1 Å². The van der Waals surface area contributed by atoms with Crippen LogP contribution < -0.4 is 0 Å². The number of thioether (sulfide) groups is 1. The first-order chi connectivity index (χ1) is 4.93. The van der Waals surface area contributed by atoms with Crippen LogP contribution in [0.2, 0.25) is 0 Å². The van der Waals surface area contributed by atoms with E-state index in [0.29, 0.717) is 0 Å². The number of hydrogen-bond donors (Lipinski definition) is 1. The quantitative estimate of drug-likeness (QED) is 0.557. The monoisotopic (exact) mass is 175 g/mol. The van der Waals surface area contributed by atoms with E-state index in [9.17, 15) is 0 Å². The fourth-order valence-electron chi connectivity index (χ4n) is 0.506. The molecular weight excluding hydrogens is 166 g/mol. The zero-order valence-corrected chi connectivity index (χ0v) is 7.12. The Morgan fingerprint density at radius 1 is 1.70 bits per heavy atom. The van der Waals surface area contributed by atoms with Gasteiger partial charge in [-0.2, -0.15) is 0 Å². The number of rotatable bonds is 4. The Bertz CT molecular complexity index is 164. The van der Waals surface area contributed by atoms with Gasteiger partial charge in [-0.15, -0.1) is 11.3 Å². The van der Waals surface area contributed by atoms with Crippen LogP contribution in [0, 0.1) is 0 Å². The lowest BCUT2D eigenvalue weighted by molar-refractivity contribution is 0.296. The van der Waals surface area contributed by atoms with Gasteiger partial charge >= 0.3 is 0 Å². The molecule has 56 valence electrons. The second kappa shape index (κ2) is 4.71. The van der Waals surface area contributed by atoms with E-state index in [2.05, 4.69) is 4.98 Å². The van der Waals surface area contributed by atoms with Crippen LogP contribution in [-0.4, -0.2) is 22.5 Å². The molecule has 0 aliphatic rings. The van der Waals surface area contributed by atoms with Crippen LogP contribution in [0.25, 0.3) is 0 Å². The summed E-state index contributed by atoms with van der Waals surface area (Å²) in [5.74, 6) is 0.962. The largest absolute Gasteiger partial charge is 0.396 e. The maximum Gasteiger partial charge on any atom is 0.149 e. The molecule has 1 aromatic rings. The van der Waals surface area contributed by atoms with E-state index in [0.717, 1.165) is 16.5 Å². The molecule has 0 amide bonds. The van der Waals surface area contributed by atoms with Gasteiger partial charge in [0.25, 0.3) is 0 Å². The minimum absolute atomic E-state index is 0.276. The van der Waals surface area contributed by atoms with Crippen molar-refractivity contribution in [1.29, 1.82) is 0 Å². The van der Waals surface area contributed by atoms with E-state index in [-0.39, 0.29) is 6.61 Å². The summed E-state index contributed by atoms with van der Waals surface area (Å²) in [4.78, 5) is 4.09. The number of aliphatic hydroxyl groups is 1. The van der Waals surface area contributed by atoms with Gasteiger partial charge in [-0.1, -0.05) is 11.8 Å². The number of aromatic nitrogens is 1. The minimum Gasteiger partial charge on any atom is -0.396 e. The summed E-state index contributed by atoms with van der Waals surface area (Å²) in [6.07, 6.45) is 2.65. The van der Waals surface area contributed by atoms with Crippen molar-refractivity contribution in [2.75, 3.05) is 12.4 Å². The molecule has 0 aliphatic heterocycles. The molecule has 0 aliphatic carbocycles. The van der Waals surface area contributed by atoms with Crippen molar-refractivity contribution in [2.24, 2.45) is 0 Å². The van der Waals surface area contributed by atoms with Gasteiger partial charge in [-0.05, 0) is 6.42 Å². The van der Waals surface area contributed by atoms with Crippen LogP contribution in [0.5, 0.6) is 0 Å². The number of thiazole rings is 1. The summed E-state index contributed by atoms with van der Waals surface area (Å²) in [6.45, 7) is 0.276. The molecule has 2 nitrogen and oxygen atoms in total. The molecule has 1 aromatic heterocycles. The maximum absolute atomic E-state index is 8.46. The third-order valence-electron chi connectivity index (χ3n) is 0.938. The van der Waals surface area contributed by atoms with Crippen LogP contribution in [0.3, 0.4) is 0 Å². The van der Waals surface area contributed by atoms with Gasteiger partial charge in [0.15, 0.2) is 0 Å². The van der Waals surface area contributed by atoms with Crippen molar-refractivity contribution in [3.8, 4) is 0 Å². The molecule has 10 heavy (non-hydrogen) atoms. The van der Waals surface area contributed by atoms with Crippen molar-refractivity contribution in [2.45, 2.75) is 10.8 Å². The Kier molecular flexibility index (Phi) is 3.79. The van der Waals surface area contributed by atoms with Crippen molar-refractivity contribution >= 4 is 23.1 Å². The van der Waals surface area contributed by atoms with E-state index < -0.39 is 0 Å². The van der Waals surface area contributed by atoms with E-state index in [1.807, 2.05) is 5.38 Å². The Labute approximate surface area is 68.3 Å². The smallest absolute Gasteiger partial charge is 0.149 e. The summed E-state index contributed by atoms with van der Waals surface area (Å²) in [6, 6.07) is 0. The standard InChI is InChI=1S/C6H9NOS2/c8-3-1-4-9-6-7-2-5-10-6/h2,5,8H,1,3-4H2. The molecule has 0 bridgehead atoms. The highest BCUT2D eigenvalue weighted by Gasteiger charge is 1.93. The highest BCUT2D eigenvalue weighted by Crippen LogP contribution is 2.20. The van der Waals surface area contributed by atoms with Crippen molar-refractivity contribution in [1.82, 2.24) is 4.98 Å². The lowest BCUT2D eigenvalue weighted by Crippen LogP contribution is -1.84. The Morgan fingerprint density at radius 3 is 3.20 bits per heavy atom. The number of aliphatic hydroxyl groups excluding tert-OH is 1. The van der Waals surface area contributed by atoms with Crippen LogP contribution in [0.1, 0.15) is 6.42 Å². The maximum atomic E-state index is 8.46. The van der Waals surface area contributed by atoms with Crippen molar-refractivity contribution in [3.63, 3.8) is 0 Å². The summed E-state index contributed by atoms with van der Waals surface area (Å²) in [5.41, 5.74) is 0. The third-order valence-corrected chi connectivity index (χ3v) is 2.99. The van der Waals surface area contributed by atoms with E-state index in [4.69, 9.17) is 5.11 Å². The summed E-state index contributed by atoms with van der Waals surface area (Å²) in [7, 11) is 0. The molecule has 0 unspecified atom stereocenters. The molecule has 0 aromatic carbocycles. The summed E-state index contributed by atoms with van der Waals surface area (Å²) < 4.78 is 1.09. The molecule has 4 heteroatoms. The lowest BCUT2D eigenvalue weighted by atomic mass is 10.5. The van der Waals surface area contributed by atoms with Crippen molar-refractivity contribution in [3.05, 3.63) is 11.6 Å². The van der Waals surface area contributed by atoms with E-state index in [1.54, 1.807) is 29.3 Å². The Morgan fingerprint density at radius 2 is 2.60 bits per heavy atom. The van der Waals surface area contributed by atoms with Crippen LogP contribution >= 0.6 is 23.1 Å². The first kappa shape index (κ1) is 8.04. The SMILES string of the molecule is OCCCSc1nccs1. The highest BCUT2D eigenvalue weighted by atomic mass is 32.2. The molecule has 0 atom stereocenters. The fraction of sp³-hybridized carbons (Fsp3) is 0.500.